The van der Waals surface area contributed by atoms with Gasteiger partial charge in [-0.25, -0.2) is 4.68 Å². The largest absolute Gasteiger partial charge is 0.312 e. The van der Waals surface area contributed by atoms with Gasteiger partial charge < -0.3 is 5.32 Å². The normalized spacial score (nSPS) is 16.4. The average molecular weight is 271 g/mol. The molecule has 1 unspecified atom stereocenters. The van der Waals surface area contributed by atoms with Crippen LogP contribution in [0.5, 0.6) is 0 Å². The number of hydrogen-bond donors (Lipinski definition) is 1. The molecular formula is C16H21N3O. The Bertz CT molecular complexity index is 645. The minimum atomic E-state index is 0.0204. The molecule has 1 heterocycles. The van der Waals surface area contributed by atoms with Crippen LogP contribution in [0, 0.1) is 5.92 Å². The van der Waals surface area contributed by atoms with Crippen LogP contribution >= 0.6 is 0 Å². The fourth-order valence-electron chi connectivity index (χ4n) is 2.65. The van der Waals surface area contributed by atoms with E-state index in [-0.39, 0.29) is 5.56 Å². The average Bonchev–Trinajstić information content (AvgIpc) is 3.30. The van der Waals surface area contributed by atoms with Crippen LogP contribution in [-0.2, 0) is 6.54 Å². The molecule has 1 atom stereocenters. The molecule has 1 aliphatic carbocycles. The molecule has 1 N–H and O–H groups in total. The smallest absolute Gasteiger partial charge is 0.274 e. The summed E-state index contributed by atoms with van der Waals surface area (Å²) in [5.41, 5.74) is 0.0204. The van der Waals surface area contributed by atoms with Crippen LogP contribution in [0.1, 0.15) is 26.2 Å². The van der Waals surface area contributed by atoms with E-state index in [0.717, 1.165) is 23.7 Å². The molecule has 0 amide bonds. The van der Waals surface area contributed by atoms with E-state index in [4.69, 9.17) is 0 Å². The fourth-order valence-corrected chi connectivity index (χ4v) is 2.65. The molecule has 1 saturated carbocycles. The molecule has 1 fully saturated rings. The summed E-state index contributed by atoms with van der Waals surface area (Å²) in [4.78, 5) is 12.5. The number of aromatic nitrogens is 2. The molecule has 0 bridgehead atoms. The first kappa shape index (κ1) is 13.3. The molecule has 0 radical (unpaired) electrons. The summed E-state index contributed by atoms with van der Waals surface area (Å²) in [5, 5.41) is 9.56. The molecule has 1 aromatic heterocycles. The third-order valence-corrected chi connectivity index (χ3v) is 3.98. The first-order valence-corrected chi connectivity index (χ1v) is 7.48. The van der Waals surface area contributed by atoms with Crippen molar-refractivity contribution in [2.24, 2.45) is 5.92 Å². The third kappa shape index (κ3) is 2.75. The lowest BCUT2D eigenvalue weighted by atomic mass is 10.1. The van der Waals surface area contributed by atoms with Crippen molar-refractivity contribution < 1.29 is 0 Å². The number of hydrogen-bond acceptors (Lipinski definition) is 3. The Balaban J connectivity index is 1.85. The predicted molar refractivity (Wildman–Crippen MR) is 80.8 cm³/mol. The lowest BCUT2D eigenvalue weighted by Gasteiger charge is -2.18. The van der Waals surface area contributed by atoms with Gasteiger partial charge >= 0.3 is 0 Å². The van der Waals surface area contributed by atoms with Crippen molar-refractivity contribution in [2.45, 2.75) is 38.8 Å². The highest BCUT2D eigenvalue weighted by molar-refractivity contribution is 5.80. The van der Waals surface area contributed by atoms with Crippen molar-refractivity contribution in [1.82, 2.24) is 15.1 Å². The quantitative estimate of drug-likeness (QED) is 0.876. The van der Waals surface area contributed by atoms with E-state index in [1.165, 1.54) is 12.8 Å². The molecule has 0 saturated heterocycles. The molecule has 3 rings (SSSR count). The Labute approximate surface area is 118 Å². The summed E-state index contributed by atoms with van der Waals surface area (Å²) in [6.45, 7) is 3.84. The van der Waals surface area contributed by atoms with E-state index in [2.05, 4.69) is 17.3 Å². The van der Waals surface area contributed by atoms with Gasteiger partial charge in [0.15, 0.2) is 0 Å². The lowest BCUT2D eigenvalue weighted by Crippen LogP contribution is -2.39. The molecule has 4 heteroatoms. The standard InChI is InChI=1S/C16H21N3O/c1-2-9-17-15(12-7-8-12)11-19-16(20)14-6-4-3-5-13(14)10-18-19/h3-6,10,12,15,17H,2,7-9,11H2,1H3. The number of fused-ring (bicyclic) bond motifs is 1. The van der Waals surface area contributed by atoms with Gasteiger partial charge in [0, 0.05) is 11.4 Å². The van der Waals surface area contributed by atoms with Crippen molar-refractivity contribution in [2.75, 3.05) is 6.54 Å². The number of benzene rings is 1. The van der Waals surface area contributed by atoms with E-state index in [1.807, 2.05) is 24.3 Å². The third-order valence-electron chi connectivity index (χ3n) is 3.98. The summed E-state index contributed by atoms with van der Waals surface area (Å²) in [6, 6.07) is 8.02. The van der Waals surface area contributed by atoms with Gasteiger partial charge in [-0.05, 0) is 37.8 Å². The Morgan fingerprint density at radius 1 is 1.40 bits per heavy atom. The number of rotatable bonds is 6. The zero-order chi connectivity index (χ0) is 13.9. The number of nitrogens with one attached hydrogen (secondary N) is 1. The highest BCUT2D eigenvalue weighted by Crippen LogP contribution is 2.33. The van der Waals surface area contributed by atoms with Crippen LogP contribution in [-0.4, -0.2) is 22.4 Å². The first-order valence-electron chi connectivity index (χ1n) is 7.48. The van der Waals surface area contributed by atoms with Gasteiger partial charge in [-0.3, -0.25) is 4.79 Å². The number of nitrogens with zero attached hydrogens (tertiary/aromatic N) is 2. The molecule has 20 heavy (non-hydrogen) atoms. The molecule has 4 nitrogen and oxygen atoms in total. The second-order valence-corrected chi connectivity index (χ2v) is 5.62. The first-order chi connectivity index (χ1) is 9.79. The van der Waals surface area contributed by atoms with Gasteiger partial charge in [0.05, 0.1) is 18.1 Å². The van der Waals surface area contributed by atoms with E-state index >= 15 is 0 Å². The van der Waals surface area contributed by atoms with E-state index in [9.17, 15) is 4.79 Å². The van der Waals surface area contributed by atoms with Gasteiger partial charge in [-0.15, -0.1) is 0 Å². The summed E-state index contributed by atoms with van der Waals surface area (Å²) in [7, 11) is 0. The molecule has 1 aromatic carbocycles. The van der Waals surface area contributed by atoms with Crippen molar-refractivity contribution in [3.8, 4) is 0 Å². The van der Waals surface area contributed by atoms with Crippen molar-refractivity contribution in [3.63, 3.8) is 0 Å². The summed E-state index contributed by atoms with van der Waals surface area (Å²) >= 11 is 0. The Hall–Kier alpha value is -1.68. The molecule has 2 aromatic rings. The van der Waals surface area contributed by atoms with Crippen molar-refractivity contribution in [1.29, 1.82) is 0 Å². The summed E-state index contributed by atoms with van der Waals surface area (Å²) < 4.78 is 1.62. The van der Waals surface area contributed by atoms with Gasteiger partial charge in [0.25, 0.3) is 5.56 Å². The van der Waals surface area contributed by atoms with Crippen LogP contribution in [0.15, 0.2) is 35.3 Å². The van der Waals surface area contributed by atoms with Crippen LogP contribution in [0.25, 0.3) is 10.8 Å². The van der Waals surface area contributed by atoms with E-state index in [0.29, 0.717) is 18.5 Å². The monoisotopic (exact) mass is 271 g/mol. The minimum absolute atomic E-state index is 0.0204. The zero-order valence-corrected chi connectivity index (χ0v) is 11.9. The van der Waals surface area contributed by atoms with Crippen molar-refractivity contribution in [3.05, 3.63) is 40.8 Å². The second kappa shape index (κ2) is 5.75. The minimum Gasteiger partial charge on any atom is -0.312 e. The maximum Gasteiger partial charge on any atom is 0.274 e. The summed E-state index contributed by atoms with van der Waals surface area (Å²) in [6.07, 6.45) is 5.44. The SMILES string of the molecule is CCCNC(Cn1ncc2ccccc2c1=O)C1CC1. The van der Waals surface area contributed by atoms with Gasteiger partial charge in [0.1, 0.15) is 0 Å². The predicted octanol–water partition coefficient (Wildman–Crippen LogP) is 2.17. The maximum atomic E-state index is 12.5. The highest BCUT2D eigenvalue weighted by Gasteiger charge is 2.31. The molecular weight excluding hydrogens is 250 g/mol. The van der Waals surface area contributed by atoms with Crippen LogP contribution < -0.4 is 10.9 Å². The van der Waals surface area contributed by atoms with E-state index < -0.39 is 0 Å². The Morgan fingerprint density at radius 3 is 2.95 bits per heavy atom. The van der Waals surface area contributed by atoms with Crippen molar-refractivity contribution >= 4 is 10.8 Å². The topological polar surface area (TPSA) is 46.9 Å². The van der Waals surface area contributed by atoms with Crippen LogP contribution in [0.3, 0.4) is 0 Å². The van der Waals surface area contributed by atoms with Crippen LogP contribution in [0.2, 0.25) is 0 Å². The summed E-state index contributed by atoms with van der Waals surface area (Å²) in [5.74, 6) is 0.710. The fraction of sp³-hybridized carbons (Fsp3) is 0.500. The second-order valence-electron chi connectivity index (χ2n) is 5.62. The lowest BCUT2D eigenvalue weighted by molar-refractivity contribution is 0.382. The molecule has 106 valence electrons. The van der Waals surface area contributed by atoms with Crippen LogP contribution in [0.4, 0.5) is 0 Å². The Kier molecular flexibility index (Phi) is 3.83. The maximum absolute atomic E-state index is 12.5. The molecule has 0 aliphatic heterocycles. The van der Waals surface area contributed by atoms with Gasteiger partial charge in [0.2, 0.25) is 0 Å². The molecule has 0 spiro atoms. The van der Waals surface area contributed by atoms with Gasteiger partial charge in [-0.2, -0.15) is 5.10 Å². The van der Waals surface area contributed by atoms with E-state index in [1.54, 1.807) is 10.9 Å². The van der Waals surface area contributed by atoms with Gasteiger partial charge in [-0.1, -0.05) is 25.1 Å². The zero-order valence-electron chi connectivity index (χ0n) is 11.9. The highest BCUT2D eigenvalue weighted by atomic mass is 16.1. The Morgan fingerprint density at radius 2 is 2.20 bits per heavy atom. The molecule has 1 aliphatic rings.